The van der Waals surface area contributed by atoms with Gasteiger partial charge in [0.05, 0.1) is 4.90 Å². The molecule has 1 aliphatic rings. The molecule has 0 aromatic heterocycles. The maximum Gasteiger partial charge on any atom is 0.406 e. The van der Waals surface area contributed by atoms with Crippen molar-refractivity contribution in [2.75, 3.05) is 6.54 Å². The average molecular weight is 295 g/mol. The third kappa shape index (κ3) is 3.07. The van der Waals surface area contributed by atoms with Crippen molar-refractivity contribution >= 4 is 10.1 Å². The van der Waals surface area contributed by atoms with Crippen molar-refractivity contribution in [1.29, 1.82) is 0 Å². The van der Waals surface area contributed by atoms with E-state index in [0.717, 1.165) is 5.56 Å². The summed E-state index contributed by atoms with van der Waals surface area (Å²) in [5.74, 6) is 0. The molecular formula is C11H12F3NO3S. The van der Waals surface area contributed by atoms with Crippen LogP contribution in [0.5, 0.6) is 0 Å². The van der Waals surface area contributed by atoms with Gasteiger partial charge in [-0.1, -0.05) is 17.7 Å². The van der Waals surface area contributed by atoms with Crippen LogP contribution in [0.3, 0.4) is 0 Å². The van der Waals surface area contributed by atoms with E-state index in [4.69, 9.17) is 0 Å². The van der Waals surface area contributed by atoms with Gasteiger partial charge >= 0.3 is 16.3 Å². The van der Waals surface area contributed by atoms with Gasteiger partial charge in [-0.15, -0.1) is 0 Å². The number of hydrogen-bond donors (Lipinski definition) is 0. The third-order valence-corrected chi connectivity index (χ3v) is 4.09. The van der Waals surface area contributed by atoms with E-state index < -0.39 is 22.3 Å². The predicted molar refractivity (Wildman–Crippen MR) is 60.6 cm³/mol. The number of nitrogens with zero attached hydrogens (tertiary/aromatic N) is 1. The zero-order chi connectivity index (χ0) is 14.3. The van der Waals surface area contributed by atoms with Gasteiger partial charge in [0.25, 0.3) is 0 Å². The van der Waals surface area contributed by atoms with E-state index in [2.05, 4.69) is 4.28 Å². The normalized spacial score (nSPS) is 21.2. The smallest absolute Gasteiger partial charge is 0.192 e. The first kappa shape index (κ1) is 14.3. The summed E-state index contributed by atoms with van der Waals surface area (Å²) < 4.78 is 65.5. The number of alkyl halides is 3. The van der Waals surface area contributed by atoms with Crippen LogP contribution in [-0.2, 0) is 14.4 Å². The van der Waals surface area contributed by atoms with Gasteiger partial charge < -0.3 is 0 Å². The molecule has 1 aliphatic heterocycles. The number of rotatable bonds is 3. The molecule has 19 heavy (non-hydrogen) atoms. The first-order valence-corrected chi connectivity index (χ1v) is 6.95. The minimum atomic E-state index is -4.49. The van der Waals surface area contributed by atoms with Gasteiger partial charge in [-0.25, -0.2) is 0 Å². The minimum Gasteiger partial charge on any atom is -0.192 e. The van der Waals surface area contributed by atoms with Crippen molar-refractivity contribution < 1.29 is 25.9 Å². The molecule has 1 aromatic carbocycles. The van der Waals surface area contributed by atoms with Gasteiger partial charge in [0, 0.05) is 6.54 Å². The van der Waals surface area contributed by atoms with Crippen LogP contribution in [-0.4, -0.2) is 32.2 Å². The number of hydrogen-bond acceptors (Lipinski definition) is 4. The molecule has 0 bridgehead atoms. The molecule has 1 atom stereocenters. The fraction of sp³-hybridized carbons (Fsp3) is 0.455. The molecule has 0 aliphatic carbocycles. The molecule has 8 heteroatoms. The van der Waals surface area contributed by atoms with E-state index in [1.807, 2.05) is 0 Å². The molecule has 1 heterocycles. The fourth-order valence-electron chi connectivity index (χ4n) is 1.65. The van der Waals surface area contributed by atoms with Crippen LogP contribution in [0.4, 0.5) is 13.2 Å². The van der Waals surface area contributed by atoms with Crippen LogP contribution < -0.4 is 0 Å². The minimum absolute atomic E-state index is 0.0602. The van der Waals surface area contributed by atoms with Gasteiger partial charge in [0.15, 0.2) is 0 Å². The standard InChI is InChI=1S/C11H12F3NO3S/c1-8-2-4-9(5-3-8)19(16,17)18-15-7-6-10(15)11(12,13)14/h2-5,10H,6-7H2,1H3/t10-/m1/s1. The Morgan fingerprint density at radius 2 is 1.84 bits per heavy atom. The number of aryl methyl sites for hydroxylation is 1. The highest BCUT2D eigenvalue weighted by Crippen LogP contribution is 2.34. The van der Waals surface area contributed by atoms with Gasteiger partial charge in [-0.2, -0.15) is 30.9 Å². The van der Waals surface area contributed by atoms with Gasteiger partial charge in [0.2, 0.25) is 0 Å². The Morgan fingerprint density at radius 1 is 1.26 bits per heavy atom. The summed E-state index contributed by atoms with van der Waals surface area (Å²) in [4.78, 5) is -0.161. The molecule has 1 saturated heterocycles. The Bertz CT molecular complexity index is 554. The van der Waals surface area contributed by atoms with E-state index in [-0.39, 0.29) is 17.9 Å². The quantitative estimate of drug-likeness (QED) is 0.858. The van der Waals surface area contributed by atoms with Crippen molar-refractivity contribution in [2.24, 2.45) is 0 Å². The summed E-state index contributed by atoms with van der Waals surface area (Å²) in [5, 5.41) is 0.454. The Hall–Kier alpha value is -1.12. The maximum atomic E-state index is 12.5. The van der Waals surface area contributed by atoms with Crippen LogP contribution >= 0.6 is 0 Å². The number of hydroxylamine groups is 2. The highest BCUT2D eigenvalue weighted by atomic mass is 32.2. The summed E-state index contributed by atoms with van der Waals surface area (Å²) in [5.41, 5.74) is 0.844. The summed E-state index contributed by atoms with van der Waals surface area (Å²) in [7, 11) is -4.20. The van der Waals surface area contributed by atoms with Gasteiger partial charge in [0.1, 0.15) is 6.04 Å². The Balaban J connectivity index is 2.12. The van der Waals surface area contributed by atoms with E-state index in [1.165, 1.54) is 12.1 Å². The molecule has 0 radical (unpaired) electrons. The first-order valence-electron chi connectivity index (χ1n) is 5.55. The van der Waals surface area contributed by atoms with Crippen LogP contribution in [0, 0.1) is 6.92 Å². The van der Waals surface area contributed by atoms with Crippen LogP contribution in [0.1, 0.15) is 12.0 Å². The molecule has 1 fully saturated rings. The molecule has 106 valence electrons. The van der Waals surface area contributed by atoms with Crippen molar-refractivity contribution in [1.82, 2.24) is 5.06 Å². The average Bonchev–Trinajstić information content (AvgIpc) is 2.23. The second-order valence-electron chi connectivity index (χ2n) is 4.33. The lowest BCUT2D eigenvalue weighted by atomic mass is 10.1. The van der Waals surface area contributed by atoms with E-state index in [1.54, 1.807) is 19.1 Å². The zero-order valence-electron chi connectivity index (χ0n) is 10.0. The monoisotopic (exact) mass is 295 g/mol. The van der Waals surface area contributed by atoms with Gasteiger partial charge in [-0.05, 0) is 25.5 Å². The number of halogens is 3. The Morgan fingerprint density at radius 3 is 2.26 bits per heavy atom. The third-order valence-electron chi connectivity index (χ3n) is 2.85. The van der Waals surface area contributed by atoms with E-state index in [9.17, 15) is 21.6 Å². The maximum absolute atomic E-state index is 12.5. The molecular weight excluding hydrogens is 283 g/mol. The second-order valence-corrected chi connectivity index (χ2v) is 5.86. The summed E-state index contributed by atoms with van der Waals surface area (Å²) >= 11 is 0. The van der Waals surface area contributed by atoms with Crippen molar-refractivity contribution in [2.45, 2.75) is 30.5 Å². The topological polar surface area (TPSA) is 46.6 Å². The molecule has 4 nitrogen and oxygen atoms in total. The Kier molecular flexibility index (Phi) is 3.59. The van der Waals surface area contributed by atoms with Crippen LogP contribution in [0.15, 0.2) is 29.2 Å². The van der Waals surface area contributed by atoms with Crippen LogP contribution in [0.2, 0.25) is 0 Å². The highest BCUT2D eigenvalue weighted by Gasteiger charge is 2.51. The first-order chi connectivity index (χ1) is 8.70. The lowest BCUT2D eigenvalue weighted by Crippen LogP contribution is -2.56. The number of benzene rings is 1. The molecule has 0 saturated carbocycles. The molecule has 0 amide bonds. The molecule has 0 spiro atoms. The van der Waals surface area contributed by atoms with Crippen molar-refractivity contribution in [3.05, 3.63) is 29.8 Å². The fourth-order valence-corrected chi connectivity index (χ4v) is 2.64. The van der Waals surface area contributed by atoms with Crippen molar-refractivity contribution in [3.8, 4) is 0 Å². The summed E-state index contributed by atoms with van der Waals surface area (Å²) in [6.45, 7) is 1.71. The predicted octanol–water partition coefficient (Wildman–Crippen LogP) is 2.25. The van der Waals surface area contributed by atoms with E-state index in [0.29, 0.717) is 5.06 Å². The SMILES string of the molecule is Cc1ccc(S(=O)(=O)ON2CC[C@@H]2C(F)(F)F)cc1. The Labute approximate surface area is 108 Å². The molecule has 0 N–H and O–H groups in total. The summed E-state index contributed by atoms with van der Waals surface area (Å²) in [6, 6.07) is 3.84. The molecule has 1 aromatic rings. The van der Waals surface area contributed by atoms with Crippen molar-refractivity contribution in [3.63, 3.8) is 0 Å². The highest BCUT2D eigenvalue weighted by molar-refractivity contribution is 7.86. The summed E-state index contributed by atoms with van der Waals surface area (Å²) in [6.07, 6.45) is -4.64. The second kappa shape index (κ2) is 4.77. The van der Waals surface area contributed by atoms with Gasteiger partial charge in [-0.3, -0.25) is 0 Å². The van der Waals surface area contributed by atoms with E-state index >= 15 is 0 Å². The lowest BCUT2D eigenvalue weighted by Gasteiger charge is -2.39. The van der Waals surface area contributed by atoms with Crippen LogP contribution in [0.25, 0.3) is 0 Å². The molecule has 0 unspecified atom stereocenters. The molecule has 2 rings (SSSR count). The zero-order valence-corrected chi connectivity index (χ0v) is 10.8. The largest absolute Gasteiger partial charge is 0.406 e. The lowest BCUT2D eigenvalue weighted by molar-refractivity contribution is -0.275.